The van der Waals surface area contributed by atoms with Crippen molar-refractivity contribution < 1.29 is 27.4 Å². The third-order valence-corrected chi connectivity index (χ3v) is 6.42. The summed E-state index contributed by atoms with van der Waals surface area (Å²) in [6.07, 6.45) is 0.295. The normalized spacial score (nSPS) is 12.3. The summed E-state index contributed by atoms with van der Waals surface area (Å²) in [5, 5.41) is 10.0. The van der Waals surface area contributed by atoms with Gasteiger partial charge in [-0.2, -0.15) is 0 Å². The van der Waals surface area contributed by atoms with Crippen molar-refractivity contribution in [1.82, 2.24) is 4.72 Å². The molecule has 0 saturated carbocycles. The van der Waals surface area contributed by atoms with Gasteiger partial charge in [0.2, 0.25) is 10.0 Å². The minimum absolute atomic E-state index is 0.0340. The minimum Gasteiger partial charge on any atom is -0.481 e. The number of ether oxygens (including phenoxy) is 1. The SMILES string of the molecule is O=C(O)C(CCNS(=O)(=O)c1ccc(Cl)cc1)Cc1cccc(Oc2ccc(F)cc2)c1. The monoisotopic (exact) mass is 477 g/mol. The van der Waals surface area contributed by atoms with Gasteiger partial charge >= 0.3 is 5.97 Å². The molecular weight excluding hydrogens is 457 g/mol. The third kappa shape index (κ3) is 6.78. The Labute approximate surface area is 190 Å². The van der Waals surface area contributed by atoms with Crippen LogP contribution in [0, 0.1) is 11.7 Å². The summed E-state index contributed by atoms with van der Waals surface area (Å²) in [5.41, 5.74) is 0.720. The first-order valence-electron chi connectivity index (χ1n) is 9.73. The van der Waals surface area contributed by atoms with Crippen LogP contribution in [-0.2, 0) is 21.2 Å². The highest BCUT2D eigenvalue weighted by atomic mass is 35.5. The average molecular weight is 478 g/mol. The molecule has 3 aromatic carbocycles. The number of sulfonamides is 1. The van der Waals surface area contributed by atoms with Crippen molar-refractivity contribution in [3.05, 3.63) is 89.2 Å². The van der Waals surface area contributed by atoms with Crippen LogP contribution in [0.25, 0.3) is 0 Å². The minimum atomic E-state index is -3.76. The van der Waals surface area contributed by atoms with Gasteiger partial charge in [-0.15, -0.1) is 0 Å². The molecule has 0 radical (unpaired) electrons. The van der Waals surface area contributed by atoms with Crippen LogP contribution in [0.2, 0.25) is 5.02 Å². The fourth-order valence-corrected chi connectivity index (χ4v) is 4.21. The van der Waals surface area contributed by atoms with Crippen molar-refractivity contribution >= 4 is 27.6 Å². The fraction of sp³-hybridized carbons (Fsp3) is 0.174. The Morgan fingerprint density at radius 2 is 1.72 bits per heavy atom. The average Bonchev–Trinajstić information content (AvgIpc) is 2.75. The van der Waals surface area contributed by atoms with Crippen molar-refractivity contribution in [3.63, 3.8) is 0 Å². The first-order chi connectivity index (χ1) is 15.2. The topological polar surface area (TPSA) is 92.7 Å². The Kier molecular flexibility index (Phi) is 7.84. The molecule has 168 valence electrons. The lowest BCUT2D eigenvalue weighted by molar-refractivity contribution is -0.141. The molecule has 9 heteroatoms. The summed E-state index contributed by atoms with van der Waals surface area (Å²) in [6, 6.07) is 18.2. The van der Waals surface area contributed by atoms with Gasteiger partial charge in [-0.05, 0) is 79.1 Å². The molecule has 0 saturated heterocycles. The van der Waals surface area contributed by atoms with E-state index in [0.717, 1.165) is 5.56 Å². The highest BCUT2D eigenvalue weighted by Crippen LogP contribution is 2.24. The van der Waals surface area contributed by atoms with Gasteiger partial charge in [-0.3, -0.25) is 4.79 Å². The lowest BCUT2D eigenvalue weighted by atomic mass is 9.96. The van der Waals surface area contributed by atoms with E-state index >= 15 is 0 Å². The summed E-state index contributed by atoms with van der Waals surface area (Å²) < 4.78 is 45.8. The fourth-order valence-electron chi connectivity index (χ4n) is 3.04. The van der Waals surface area contributed by atoms with Gasteiger partial charge < -0.3 is 9.84 Å². The second-order valence-corrected chi connectivity index (χ2v) is 9.29. The molecule has 0 aromatic heterocycles. The van der Waals surface area contributed by atoms with Gasteiger partial charge in [0.25, 0.3) is 0 Å². The van der Waals surface area contributed by atoms with Crippen molar-refractivity contribution in [2.24, 2.45) is 5.92 Å². The van der Waals surface area contributed by atoms with Gasteiger partial charge in [0.05, 0.1) is 10.8 Å². The number of carboxylic acid groups (broad SMARTS) is 1. The molecule has 2 N–H and O–H groups in total. The van der Waals surface area contributed by atoms with Gasteiger partial charge in [0, 0.05) is 11.6 Å². The first kappa shape index (κ1) is 23.7. The number of carbonyl (C=O) groups is 1. The Bertz CT molecular complexity index is 1170. The standard InChI is InChI=1S/C23H21ClFNO5S/c24-18-4-10-22(11-5-18)32(29,30)26-13-12-17(23(27)28)14-16-2-1-3-21(15-16)31-20-8-6-19(25)7-9-20/h1-11,15,17,26H,12-14H2,(H,27,28). The van der Waals surface area contributed by atoms with E-state index in [-0.39, 0.29) is 30.1 Å². The zero-order chi connectivity index (χ0) is 23.1. The third-order valence-electron chi connectivity index (χ3n) is 4.69. The number of hydrogen-bond donors (Lipinski definition) is 2. The Balaban J connectivity index is 1.61. The maximum absolute atomic E-state index is 13.0. The molecule has 0 bridgehead atoms. The van der Waals surface area contributed by atoms with E-state index < -0.39 is 21.9 Å². The van der Waals surface area contributed by atoms with Crippen molar-refractivity contribution in [2.45, 2.75) is 17.7 Å². The molecule has 3 rings (SSSR count). The first-order valence-corrected chi connectivity index (χ1v) is 11.6. The van der Waals surface area contributed by atoms with E-state index in [1.54, 1.807) is 24.3 Å². The predicted molar refractivity (Wildman–Crippen MR) is 119 cm³/mol. The second kappa shape index (κ2) is 10.6. The molecule has 6 nitrogen and oxygen atoms in total. The maximum Gasteiger partial charge on any atom is 0.306 e. The number of carboxylic acids is 1. The Morgan fingerprint density at radius 1 is 1.03 bits per heavy atom. The molecule has 0 spiro atoms. The molecule has 32 heavy (non-hydrogen) atoms. The highest BCUT2D eigenvalue weighted by molar-refractivity contribution is 7.89. The molecule has 0 heterocycles. The second-order valence-electron chi connectivity index (χ2n) is 7.08. The highest BCUT2D eigenvalue weighted by Gasteiger charge is 2.20. The van der Waals surface area contributed by atoms with Crippen LogP contribution in [0.5, 0.6) is 11.5 Å². The van der Waals surface area contributed by atoms with Crippen LogP contribution in [0.1, 0.15) is 12.0 Å². The largest absolute Gasteiger partial charge is 0.481 e. The van der Waals surface area contributed by atoms with Crippen molar-refractivity contribution in [2.75, 3.05) is 6.54 Å². The smallest absolute Gasteiger partial charge is 0.306 e. The quantitative estimate of drug-likeness (QED) is 0.434. The summed E-state index contributed by atoms with van der Waals surface area (Å²) in [5.74, 6) is -1.26. The van der Waals surface area contributed by atoms with E-state index in [0.29, 0.717) is 16.5 Å². The van der Waals surface area contributed by atoms with Crippen LogP contribution >= 0.6 is 11.6 Å². The lowest BCUT2D eigenvalue weighted by Gasteiger charge is -2.14. The Hall–Kier alpha value is -2.94. The van der Waals surface area contributed by atoms with Crippen molar-refractivity contribution in [3.8, 4) is 11.5 Å². The summed E-state index contributed by atoms with van der Waals surface area (Å²) in [4.78, 5) is 11.8. The zero-order valence-electron chi connectivity index (χ0n) is 16.9. The van der Waals surface area contributed by atoms with Crippen LogP contribution in [0.15, 0.2) is 77.7 Å². The summed E-state index contributed by atoms with van der Waals surface area (Å²) >= 11 is 5.78. The number of halogens is 2. The summed E-state index contributed by atoms with van der Waals surface area (Å²) in [6.45, 7) is -0.0340. The number of benzene rings is 3. The maximum atomic E-state index is 13.0. The molecule has 0 amide bonds. The molecular formula is C23H21ClFNO5S. The predicted octanol–water partition coefficient (Wildman–Crippen LogP) is 4.88. The van der Waals surface area contributed by atoms with E-state index in [1.807, 2.05) is 0 Å². The number of rotatable bonds is 10. The van der Waals surface area contributed by atoms with Gasteiger partial charge in [0.15, 0.2) is 0 Å². The van der Waals surface area contributed by atoms with Gasteiger partial charge in [-0.25, -0.2) is 17.5 Å². The van der Waals surface area contributed by atoms with Gasteiger partial charge in [-0.1, -0.05) is 23.7 Å². The molecule has 0 aliphatic carbocycles. The zero-order valence-corrected chi connectivity index (χ0v) is 18.4. The molecule has 0 fully saturated rings. The molecule has 3 aromatic rings. The molecule has 0 aliphatic rings. The van der Waals surface area contributed by atoms with Crippen LogP contribution in [0.4, 0.5) is 4.39 Å². The molecule has 0 aliphatic heterocycles. The van der Waals surface area contributed by atoms with Crippen LogP contribution in [-0.4, -0.2) is 26.0 Å². The van der Waals surface area contributed by atoms with Crippen LogP contribution in [0.3, 0.4) is 0 Å². The lowest BCUT2D eigenvalue weighted by Crippen LogP contribution is -2.28. The molecule has 1 unspecified atom stereocenters. The van der Waals surface area contributed by atoms with Gasteiger partial charge in [0.1, 0.15) is 17.3 Å². The number of aliphatic carboxylic acids is 1. The number of hydrogen-bond acceptors (Lipinski definition) is 4. The Morgan fingerprint density at radius 3 is 2.38 bits per heavy atom. The van der Waals surface area contributed by atoms with E-state index in [4.69, 9.17) is 16.3 Å². The summed E-state index contributed by atoms with van der Waals surface area (Å²) in [7, 11) is -3.76. The molecule has 1 atom stereocenters. The van der Waals surface area contributed by atoms with E-state index in [9.17, 15) is 22.7 Å². The van der Waals surface area contributed by atoms with Crippen molar-refractivity contribution in [1.29, 1.82) is 0 Å². The number of nitrogens with one attached hydrogen (secondary N) is 1. The van der Waals surface area contributed by atoms with E-state index in [2.05, 4.69) is 4.72 Å². The van der Waals surface area contributed by atoms with E-state index in [1.165, 1.54) is 48.5 Å². The van der Waals surface area contributed by atoms with Crippen LogP contribution < -0.4 is 9.46 Å².